The van der Waals surface area contributed by atoms with Crippen molar-refractivity contribution in [1.29, 1.82) is 0 Å². The number of ether oxygens (including phenoxy) is 1. The zero-order valence-electron chi connectivity index (χ0n) is 14.5. The van der Waals surface area contributed by atoms with Gasteiger partial charge >= 0.3 is 0 Å². The van der Waals surface area contributed by atoms with Crippen LogP contribution in [0.15, 0.2) is 47.4 Å². The molecular formula is C18H18Cl2N2O4S. The third-order valence-electron chi connectivity index (χ3n) is 4.10. The number of hydrogen-bond acceptors (Lipinski definition) is 4. The second-order valence-electron chi connectivity index (χ2n) is 6.13. The molecule has 0 saturated carbocycles. The van der Waals surface area contributed by atoms with Crippen molar-refractivity contribution in [1.82, 2.24) is 4.31 Å². The lowest BCUT2D eigenvalue weighted by Crippen LogP contribution is -2.42. The molecule has 0 aromatic heterocycles. The van der Waals surface area contributed by atoms with E-state index in [9.17, 15) is 13.2 Å². The maximum Gasteiger partial charge on any atom is 0.243 e. The highest BCUT2D eigenvalue weighted by Gasteiger charge is 2.31. The Morgan fingerprint density at radius 1 is 1.15 bits per heavy atom. The van der Waals surface area contributed by atoms with Gasteiger partial charge in [0, 0.05) is 35.7 Å². The van der Waals surface area contributed by atoms with Crippen molar-refractivity contribution < 1.29 is 17.9 Å². The number of sulfonamides is 1. The second kappa shape index (κ2) is 8.16. The first-order valence-electron chi connectivity index (χ1n) is 8.21. The largest absolute Gasteiger partial charge is 0.371 e. The standard InChI is InChI=1S/C18H18Cl2N2O4S/c1-12(23)21-16-2-4-17(5-3-16)27(24,25)22-6-7-26-18(11-22)13-8-14(19)10-15(20)9-13/h2-5,8-10,18H,6-7,11H2,1H3,(H,21,23). The Morgan fingerprint density at radius 3 is 2.37 bits per heavy atom. The van der Waals surface area contributed by atoms with Gasteiger partial charge in [-0.05, 0) is 48.0 Å². The van der Waals surface area contributed by atoms with Crippen molar-refractivity contribution in [3.05, 3.63) is 58.1 Å². The van der Waals surface area contributed by atoms with Gasteiger partial charge in [0.15, 0.2) is 0 Å². The molecule has 0 aliphatic carbocycles. The van der Waals surface area contributed by atoms with Crippen molar-refractivity contribution >= 4 is 44.8 Å². The van der Waals surface area contributed by atoms with E-state index in [4.69, 9.17) is 27.9 Å². The van der Waals surface area contributed by atoms with E-state index >= 15 is 0 Å². The van der Waals surface area contributed by atoms with E-state index in [0.717, 1.165) is 5.56 Å². The first-order chi connectivity index (χ1) is 12.8. The molecule has 6 nitrogen and oxygen atoms in total. The molecule has 0 bridgehead atoms. The van der Waals surface area contributed by atoms with E-state index in [1.165, 1.54) is 23.4 Å². The smallest absolute Gasteiger partial charge is 0.243 e. The van der Waals surface area contributed by atoms with E-state index in [2.05, 4.69) is 5.32 Å². The van der Waals surface area contributed by atoms with Gasteiger partial charge in [0.05, 0.1) is 17.6 Å². The predicted molar refractivity (Wildman–Crippen MR) is 105 cm³/mol. The molecule has 1 saturated heterocycles. The van der Waals surface area contributed by atoms with Gasteiger partial charge in [-0.3, -0.25) is 4.79 Å². The van der Waals surface area contributed by atoms with Crippen LogP contribution in [0.5, 0.6) is 0 Å². The number of halogens is 2. The number of hydrogen-bond donors (Lipinski definition) is 1. The van der Waals surface area contributed by atoms with Gasteiger partial charge in [-0.25, -0.2) is 8.42 Å². The number of amides is 1. The molecule has 1 atom stereocenters. The highest BCUT2D eigenvalue weighted by Crippen LogP contribution is 2.30. The van der Waals surface area contributed by atoms with Gasteiger partial charge in [0.25, 0.3) is 0 Å². The molecule has 3 rings (SSSR count). The Hall–Kier alpha value is -1.64. The van der Waals surface area contributed by atoms with Gasteiger partial charge in [-0.1, -0.05) is 23.2 Å². The zero-order valence-corrected chi connectivity index (χ0v) is 16.8. The van der Waals surface area contributed by atoms with Gasteiger partial charge in [0.2, 0.25) is 15.9 Å². The molecule has 1 unspecified atom stereocenters. The number of rotatable bonds is 4. The average Bonchev–Trinajstić information content (AvgIpc) is 2.61. The predicted octanol–water partition coefficient (Wildman–Crippen LogP) is 3.71. The normalized spacial score (nSPS) is 18.3. The van der Waals surface area contributed by atoms with Crippen LogP contribution < -0.4 is 5.32 Å². The molecule has 1 heterocycles. The summed E-state index contributed by atoms with van der Waals surface area (Å²) in [5, 5.41) is 3.54. The highest BCUT2D eigenvalue weighted by molar-refractivity contribution is 7.89. The van der Waals surface area contributed by atoms with Crippen molar-refractivity contribution in [3.63, 3.8) is 0 Å². The maximum absolute atomic E-state index is 13.0. The number of benzene rings is 2. The quantitative estimate of drug-likeness (QED) is 0.804. The molecule has 9 heteroatoms. The van der Waals surface area contributed by atoms with Gasteiger partial charge in [-0.2, -0.15) is 4.31 Å². The van der Waals surface area contributed by atoms with Crippen LogP contribution in [0, 0.1) is 0 Å². The summed E-state index contributed by atoms with van der Waals surface area (Å²) in [6.45, 7) is 2.06. The second-order valence-corrected chi connectivity index (χ2v) is 8.94. The number of carbonyl (C=O) groups excluding carboxylic acids is 1. The fourth-order valence-electron chi connectivity index (χ4n) is 2.87. The number of nitrogens with one attached hydrogen (secondary N) is 1. The van der Waals surface area contributed by atoms with Crippen LogP contribution >= 0.6 is 23.2 Å². The number of anilines is 1. The SMILES string of the molecule is CC(=O)Nc1ccc(S(=O)(=O)N2CCOC(c3cc(Cl)cc(Cl)c3)C2)cc1. The summed E-state index contributed by atoms with van der Waals surface area (Å²) in [5.74, 6) is -0.221. The van der Waals surface area contributed by atoms with Crippen LogP contribution in [0.4, 0.5) is 5.69 Å². The van der Waals surface area contributed by atoms with E-state index < -0.39 is 16.1 Å². The van der Waals surface area contributed by atoms with Crippen molar-refractivity contribution in [2.75, 3.05) is 25.0 Å². The van der Waals surface area contributed by atoms with Crippen LogP contribution in [0.2, 0.25) is 10.0 Å². The fourth-order valence-corrected chi connectivity index (χ4v) is 4.84. The lowest BCUT2D eigenvalue weighted by molar-refractivity contribution is -0.114. The van der Waals surface area contributed by atoms with Crippen LogP contribution in [-0.4, -0.2) is 38.3 Å². The van der Waals surface area contributed by atoms with Crippen molar-refractivity contribution in [3.8, 4) is 0 Å². The monoisotopic (exact) mass is 428 g/mol. The summed E-state index contributed by atoms with van der Waals surface area (Å²) < 4.78 is 33.0. The summed E-state index contributed by atoms with van der Waals surface area (Å²) in [7, 11) is -3.69. The van der Waals surface area contributed by atoms with Gasteiger partial charge < -0.3 is 10.1 Å². The molecule has 27 heavy (non-hydrogen) atoms. The number of carbonyl (C=O) groups is 1. The van der Waals surface area contributed by atoms with Gasteiger partial charge in [-0.15, -0.1) is 0 Å². The summed E-state index contributed by atoms with van der Waals surface area (Å²) in [4.78, 5) is 11.2. The molecule has 1 aliphatic rings. The summed E-state index contributed by atoms with van der Waals surface area (Å²) in [5.41, 5.74) is 1.27. The lowest BCUT2D eigenvalue weighted by Gasteiger charge is -2.32. The minimum atomic E-state index is -3.69. The Labute approximate surface area is 168 Å². The maximum atomic E-state index is 13.0. The molecule has 0 radical (unpaired) electrons. The lowest BCUT2D eigenvalue weighted by atomic mass is 10.1. The highest BCUT2D eigenvalue weighted by atomic mass is 35.5. The van der Waals surface area contributed by atoms with E-state index in [-0.39, 0.29) is 30.5 Å². The molecule has 144 valence electrons. The van der Waals surface area contributed by atoms with Crippen molar-refractivity contribution in [2.24, 2.45) is 0 Å². The third-order valence-corrected chi connectivity index (χ3v) is 6.41. The number of morpholine rings is 1. The Morgan fingerprint density at radius 2 is 1.78 bits per heavy atom. The molecule has 0 spiro atoms. The van der Waals surface area contributed by atoms with Gasteiger partial charge in [0.1, 0.15) is 0 Å². The van der Waals surface area contributed by atoms with E-state index in [1.54, 1.807) is 30.3 Å². The Balaban J connectivity index is 1.81. The Kier molecular flexibility index (Phi) is 6.08. The topological polar surface area (TPSA) is 75.7 Å². The van der Waals surface area contributed by atoms with Crippen LogP contribution in [0.3, 0.4) is 0 Å². The summed E-state index contributed by atoms with van der Waals surface area (Å²) in [6.07, 6.45) is -0.455. The van der Waals surface area contributed by atoms with Crippen LogP contribution in [-0.2, 0) is 19.6 Å². The minimum absolute atomic E-state index is 0.154. The van der Waals surface area contributed by atoms with Crippen LogP contribution in [0.1, 0.15) is 18.6 Å². The zero-order chi connectivity index (χ0) is 19.6. The molecule has 2 aromatic carbocycles. The molecule has 1 aliphatic heterocycles. The molecule has 2 aromatic rings. The minimum Gasteiger partial charge on any atom is -0.371 e. The molecule has 1 N–H and O–H groups in total. The summed E-state index contributed by atoms with van der Waals surface area (Å²) >= 11 is 12.1. The summed E-state index contributed by atoms with van der Waals surface area (Å²) in [6, 6.07) is 11.1. The van der Waals surface area contributed by atoms with Crippen LogP contribution in [0.25, 0.3) is 0 Å². The Bertz CT molecular complexity index is 928. The fraction of sp³-hybridized carbons (Fsp3) is 0.278. The molecule has 1 amide bonds. The van der Waals surface area contributed by atoms with E-state index in [1.807, 2.05) is 0 Å². The first-order valence-corrected chi connectivity index (χ1v) is 10.4. The average molecular weight is 429 g/mol. The number of nitrogens with zero attached hydrogens (tertiary/aromatic N) is 1. The van der Waals surface area contributed by atoms with Crippen molar-refractivity contribution in [2.45, 2.75) is 17.9 Å². The molecule has 1 fully saturated rings. The first kappa shape index (κ1) is 20.1. The third kappa shape index (κ3) is 4.80. The molecular weight excluding hydrogens is 411 g/mol. The van der Waals surface area contributed by atoms with E-state index in [0.29, 0.717) is 15.7 Å².